The molecule has 0 saturated carbocycles. The Kier molecular flexibility index (Phi) is 4.32. The molecule has 1 aliphatic heterocycles. The summed E-state index contributed by atoms with van der Waals surface area (Å²) < 4.78 is 44.6. The summed E-state index contributed by atoms with van der Waals surface area (Å²) in [6, 6.07) is -0.733. The molecule has 7 heteroatoms. The zero-order valence-electron chi connectivity index (χ0n) is 12.0. The summed E-state index contributed by atoms with van der Waals surface area (Å²) in [6.45, 7) is 3.52. The molecular formula is C14H19F3N2O2. The lowest BCUT2D eigenvalue weighted by molar-refractivity contribution is -0.184. The van der Waals surface area contributed by atoms with Gasteiger partial charge >= 0.3 is 6.18 Å². The van der Waals surface area contributed by atoms with Crippen LogP contribution in [0.1, 0.15) is 41.6 Å². The number of piperidine rings is 1. The minimum Gasteiger partial charge on any atom is -0.456 e. The Hall–Kier alpha value is -1.50. The number of carbonyl (C=O) groups excluding carboxylic acids is 1. The van der Waals surface area contributed by atoms with Gasteiger partial charge in [-0.1, -0.05) is 6.92 Å². The molecule has 0 aromatic carbocycles. The van der Waals surface area contributed by atoms with E-state index in [0.717, 1.165) is 10.5 Å². The first-order chi connectivity index (χ1) is 9.74. The van der Waals surface area contributed by atoms with Gasteiger partial charge in [0, 0.05) is 19.0 Å². The Morgan fingerprint density at radius 2 is 2.14 bits per heavy atom. The maximum Gasteiger partial charge on any atom is 0.408 e. The quantitative estimate of drug-likeness (QED) is 0.913. The molecule has 1 aliphatic rings. The van der Waals surface area contributed by atoms with E-state index in [1.807, 2.05) is 6.92 Å². The van der Waals surface area contributed by atoms with Crippen LogP contribution in [0.5, 0.6) is 0 Å². The van der Waals surface area contributed by atoms with E-state index in [0.29, 0.717) is 12.2 Å². The second-order valence-corrected chi connectivity index (χ2v) is 5.42. The van der Waals surface area contributed by atoms with Crippen molar-refractivity contribution in [1.82, 2.24) is 4.90 Å². The highest BCUT2D eigenvalue weighted by molar-refractivity contribution is 5.92. The molecule has 0 spiro atoms. The smallest absolute Gasteiger partial charge is 0.408 e. The number of alkyl halides is 3. The number of nitrogens with zero attached hydrogens (tertiary/aromatic N) is 1. The van der Waals surface area contributed by atoms with Crippen molar-refractivity contribution in [3.05, 3.63) is 23.2 Å². The molecule has 1 amide bonds. The maximum absolute atomic E-state index is 13.1. The van der Waals surface area contributed by atoms with Crippen molar-refractivity contribution in [2.24, 2.45) is 5.73 Å². The van der Waals surface area contributed by atoms with Crippen LogP contribution in [0.2, 0.25) is 0 Å². The summed E-state index contributed by atoms with van der Waals surface area (Å²) in [6.07, 6.45) is -3.78. The number of halogens is 3. The van der Waals surface area contributed by atoms with Crippen LogP contribution in [0.15, 0.2) is 10.5 Å². The summed E-state index contributed by atoms with van der Waals surface area (Å²) in [5.74, 6) is -0.175. The standard InChI is InChI=1S/C14H19F3N2O2/c1-3-10-8(2)6-11(21-10)13(20)19-7-9(18)4-5-12(19)14(15,16)17/h6,9,12H,3-5,7,18H2,1-2H3/t9-,12-/m0/s1. The highest BCUT2D eigenvalue weighted by Gasteiger charge is 2.48. The molecule has 2 atom stereocenters. The van der Waals surface area contributed by atoms with Crippen molar-refractivity contribution in [1.29, 1.82) is 0 Å². The fraction of sp³-hybridized carbons (Fsp3) is 0.643. The number of hydrogen-bond acceptors (Lipinski definition) is 3. The third-order valence-electron chi connectivity index (χ3n) is 3.81. The van der Waals surface area contributed by atoms with Crippen molar-refractivity contribution in [3.63, 3.8) is 0 Å². The van der Waals surface area contributed by atoms with Gasteiger partial charge in [-0.2, -0.15) is 13.2 Å². The fourth-order valence-corrected chi connectivity index (χ4v) is 2.68. The molecule has 118 valence electrons. The first kappa shape index (κ1) is 15.9. The van der Waals surface area contributed by atoms with Gasteiger partial charge in [-0.25, -0.2) is 0 Å². The van der Waals surface area contributed by atoms with Crippen molar-refractivity contribution in [2.45, 2.75) is 51.4 Å². The third kappa shape index (κ3) is 3.23. The van der Waals surface area contributed by atoms with Crippen molar-refractivity contribution >= 4 is 5.91 Å². The van der Waals surface area contributed by atoms with Crippen LogP contribution in [-0.4, -0.2) is 35.6 Å². The molecule has 21 heavy (non-hydrogen) atoms. The molecule has 4 nitrogen and oxygen atoms in total. The fourth-order valence-electron chi connectivity index (χ4n) is 2.68. The molecule has 0 unspecified atom stereocenters. The number of amides is 1. The Morgan fingerprint density at radius 3 is 2.67 bits per heavy atom. The topological polar surface area (TPSA) is 59.5 Å². The molecular weight excluding hydrogens is 285 g/mol. The summed E-state index contributed by atoms with van der Waals surface area (Å²) in [5, 5.41) is 0. The summed E-state index contributed by atoms with van der Waals surface area (Å²) in [7, 11) is 0. The van der Waals surface area contributed by atoms with Gasteiger partial charge in [0.15, 0.2) is 5.76 Å². The zero-order valence-corrected chi connectivity index (χ0v) is 12.0. The largest absolute Gasteiger partial charge is 0.456 e. The average Bonchev–Trinajstić information content (AvgIpc) is 2.77. The molecule has 2 heterocycles. The highest BCUT2D eigenvalue weighted by Crippen LogP contribution is 2.33. The van der Waals surface area contributed by atoms with Gasteiger partial charge in [-0.05, 0) is 31.4 Å². The van der Waals surface area contributed by atoms with Crippen LogP contribution >= 0.6 is 0 Å². The van der Waals surface area contributed by atoms with Crippen LogP contribution in [0.4, 0.5) is 13.2 Å². The molecule has 1 aromatic heterocycles. The van der Waals surface area contributed by atoms with Crippen LogP contribution in [-0.2, 0) is 6.42 Å². The lowest BCUT2D eigenvalue weighted by Gasteiger charge is -2.38. The van der Waals surface area contributed by atoms with Crippen molar-refractivity contribution in [2.75, 3.05) is 6.54 Å². The number of aryl methyl sites for hydroxylation is 2. The van der Waals surface area contributed by atoms with E-state index in [-0.39, 0.29) is 25.1 Å². The van der Waals surface area contributed by atoms with Crippen molar-refractivity contribution in [3.8, 4) is 0 Å². The van der Waals surface area contributed by atoms with Gasteiger partial charge in [0.05, 0.1) is 0 Å². The first-order valence-corrected chi connectivity index (χ1v) is 6.96. The first-order valence-electron chi connectivity index (χ1n) is 6.96. The lowest BCUT2D eigenvalue weighted by atomic mass is 9.98. The molecule has 2 N–H and O–H groups in total. The predicted octanol–water partition coefficient (Wildman–Crippen LogP) is 2.64. The molecule has 1 aromatic rings. The Labute approximate surface area is 121 Å². The number of likely N-dealkylation sites (tertiary alicyclic amines) is 1. The zero-order chi connectivity index (χ0) is 15.8. The second-order valence-electron chi connectivity index (χ2n) is 5.42. The molecule has 0 bridgehead atoms. The molecule has 1 saturated heterocycles. The number of rotatable bonds is 2. The van der Waals surface area contributed by atoms with Crippen LogP contribution in [0, 0.1) is 6.92 Å². The Bertz CT molecular complexity index is 525. The lowest BCUT2D eigenvalue weighted by Crippen LogP contribution is -2.56. The summed E-state index contributed by atoms with van der Waals surface area (Å²) in [4.78, 5) is 13.2. The second kappa shape index (κ2) is 5.71. The number of hydrogen-bond donors (Lipinski definition) is 1. The van der Waals surface area contributed by atoms with Gasteiger partial charge in [-0.3, -0.25) is 4.79 Å². The Morgan fingerprint density at radius 1 is 1.48 bits per heavy atom. The van der Waals surface area contributed by atoms with E-state index in [9.17, 15) is 18.0 Å². The molecule has 2 rings (SSSR count). The minimum absolute atomic E-state index is 0.0484. The van der Waals surface area contributed by atoms with Gasteiger partial charge < -0.3 is 15.1 Å². The van der Waals surface area contributed by atoms with E-state index >= 15 is 0 Å². The minimum atomic E-state index is -4.45. The predicted molar refractivity (Wildman–Crippen MR) is 70.9 cm³/mol. The van der Waals surface area contributed by atoms with Crippen LogP contribution in [0.3, 0.4) is 0 Å². The molecule has 0 radical (unpaired) electrons. The normalized spacial score (nSPS) is 23.4. The van der Waals surface area contributed by atoms with Gasteiger partial charge in [0.25, 0.3) is 5.91 Å². The summed E-state index contributed by atoms with van der Waals surface area (Å²) >= 11 is 0. The van der Waals surface area contributed by atoms with Crippen LogP contribution < -0.4 is 5.73 Å². The van der Waals surface area contributed by atoms with E-state index in [1.165, 1.54) is 6.07 Å². The monoisotopic (exact) mass is 304 g/mol. The van der Waals surface area contributed by atoms with E-state index in [4.69, 9.17) is 10.2 Å². The van der Waals surface area contributed by atoms with E-state index in [2.05, 4.69) is 0 Å². The number of carbonyl (C=O) groups is 1. The van der Waals surface area contributed by atoms with Crippen molar-refractivity contribution < 1.29 is 22.4 Å². The van der Waals surface area contributed by atoms with E-state index in [1.54, 1.807) is 6.92 Å². The maximum atomic E-state index is 13.1. The highest BCUT2D eigenvalue weighted by atomic mass is 19.4. The van der Waals surface area contributed by atoms with Gasteiger partial charge in [-0.15, -0.1) is 0 Å². The Balaban J connectivity index is 2.28. The van der Waals surface area contributed by atoms with Crippen LogP contribution in [0.25, 0.3) is 0 Å². The summed E-state index contributed by atoms with van der Waals surface area (Å²) in [5.41, 5.74) is 6.49. The molecule has 0 aliphatic carbocycles. The number of furan rings is 1. The third-order valence-corrected chi connectivity index (χ3v) is 3.81. The number of nitrogens with two attached hydrogens (primary N) is 1. The van der Waals surface area contributed by atoms with E-state index < -0.39 is 24.2 Å². The SMILES string of the molecule is CCc1oc(C(=O)N2C[C@@H](N)CC[C@H]2C(F)(F)F)cc1C. The molecule has 1 fully saturated rings. The van der Waals surface area contributed by atoms with Gasteiger partial charge in [0.2, 0.25) is 0 Å². The van der Waals surface area contributed by atoms with Gasteiger partial charge in [0.1, 0.15) is 11.8 Å². The average molecular weight is 304 g/mol.